The number of benzene rings is 1. The second kappa shape index (κ2) is 11.3. The molecule has 31 heavy (non-hydrogen) atoms. The molecule has 8 heteroatoms. The van der Waals surface area contributed by atoms with Gasteiger partial charge >= 0.3 is 5.97 Å². The average Bonchev–Trinajstić information content (AvgIpc) is 3.09. The summed E-state index contributed by atoms with van der Waals surface area (Å²) in [5.74, 6) is -0.418. The number of aryl methyl sites for hydroxylation is 1. The van der Waals surface area contributed by atoms with Gasteiger partial charge < -0.3 is 14.8 Å². The summed E-state index contributed by atoms with van der Waals surface area (Å²) in [6.45, 7) is 6.73. The SMILES string of the molecule is CCc1nn(C[C@@H](C)COC(=O)c2ccc(Cl)cc2)c2c1C(=O)NCCCOCCC2. The fourth-order valence-corrected chi connectivity index (χ4v) is 3.74. The highest BCUT2D eigenvalue weighted by Gasteiger charge is 2.24. The summed E-state index contributed by atoms with van der Waals surface area (Å²) >= 11 is 5.87. The third kappa shape index (κ3) is 6.31. The van der Waals surface area contributed by atoms with E-state index in [1.54, 1.807) is 24.3 Å². The molecule has 1 N–H and O–H groups in total. The molecule has 2 heterocycles. The summed E-state index contributed by atoms with van der Waals surface area (Å²) < 4.78 is 13.0. The minimum Gasteiger partial charge on any atom is -0.462 e. The Morgan fingerprint density at radius 2 is 2.03 bits per heavy atom. The van der Waals surface area contributed by atoms with Crippen molar-refractivity contribution >= 4 is 23.5 Å². The van der Waals surface area contributed by atoms with Gasteiger partial charge in [-0.15, -0.1) is 0 Å². The van der Waals surface area contributed by atoms with Gasteiger partial charge in [-0.05, 0) is 49.9 Å². The molecule has 1 amide bonds. The molecule has 168 valence electrons. The van der Waals surface area contributed by atoms with Crippen LogP contribution in [0.1, 0.15) is 58.8 Å². The Balaban J connectivity index is 1.70. The molecule has 7 nitrogen and oxygen atoms in total. The number of nitrogens with one attached hydrogen (secondary N) is 1. The van der Waals surface area contributed by atoms with Gasteiger partial charge in [-0.1, -0.05) is 25.4 Å². The third-order valence-electron chi connectivity index (χ3n) is 5.21. The van der Waals surface area contributed by atoms with Crippen molar-refractivity contribution < 1.29 is 19.1 Å². The number of amides is 1. The van der Waals surface area contributed by atoms with E-state index in [1.807, 2.05) is 18.5 Å². The molecule has 0 saturated carbocycles. The number of hydrogen-bond acceptors (Lipinski definition) is 5. The number of halogens is 1. The summed E-state index contributed by atoms with van der Waals surface area (Å²) in [4.78, 5) is 25.1. The predicted octanol–water partition coefficient (Wildman–Crippen LogP) is 3.67. The first-order chi connectivity index (χ1) is 15.0. The van der Waals surface area contributed by atoms with Crippen LogP contribution in [0.3, 0.4) is 0 Å². The zero-order valence-electron chi connectivity index (χ0n) is 18.2. The van der Waals surface area contributed by atoms with Gasteiger partial charge in [-0.25, -0.2) is 4.79 Å². The lowest BCUT2D eigenvalue weighted by Crippen LogP contribution is -2.27. The van der Waals surface area contributed by atoms with Crippen molar-refractivity contribution in [2.75, 3.05) is 26.4 Å². The van der Waals surface area contributed by atoms with Crippen LogP contribution in [-0.2, 0) is 28.9 Å². The van der Waals surface area contributed by atoms with Crippen molar-refractivity contribution in [2.24, 2.45) is 5.92 Å². The van der Waals surface area contributed by atoms with Gasteiger partial charge in [0.05, 0.1) is 29.1 Å². The Morgan fingerprint density at radius 1 is 1.29 bits per heavy atom. The Morgan fingerprint density at radius 3 is 2.77 bits per heavy atom. The molecule has 2 aromatic rings. The number of hydrogen-bond donors (Lipinski definition) is 1. The van der Waals surface area contributed by atoms with E-state index in [0.29, 0.717) is 55.3 Å². The number of fused-ring (bicyclic) bond motifs is 1. The molecule has 0 spiro atoms. The molecule has 1 aromatic carbocycles. The quantitative estimate of drug-likeness (QED) is 0.683. The van der Waals surface area contributed by atoms with Crippen LogP contribution >= 0.6 is 11.6 Å². The van der Waals surface area contributed by atoms with Gasteiger partial charge in [-0.2, -0.15) is 5.10 Å². The molecule has 3 rings (SSSR count). The second-order valence-corrected chi connectivity index (χ2v) is 8.28. The van der Waals surface area contributed by atoms with Crippen molar-refractivity contribution in [2.45, 2.75) is 46.1 Å². The Kier molecular flexibility index (Phi) is 8.49. The van der Waals surface area contributed by atoms with Gasteiger partial charge in [0.15, 0.2) is 0 Å². The van der Waals surface area contributed by atoms with Crippen molar-refractivity contribution in [1.82, 2.24) is 15.1 Å². The van der Waals surface area contributed by atoms with Gasteiger partial charge in [0.25, 0.3) is 5.91 Å². The van der Waals surface area contributed by atoms with E-state index in [-0.39, 0.29) is 24.4 Å². The summed E-state index contributed by atoms with van der Waals surface area (Å²) in [7, 11) is 0. The Bertz CT molecular complexity index is 895. The summed E-state index contributed by atoms with van der Waals surface area (Å²) in [5, 5.41) is 8.29. The smallest absolute Gasteiger partial charge is 0.338 e. The van der Waals surface area contributed by atoms with E-state index in [0.717, 1.165) is 24.2 Å². The molecule has 1 aliphatic heterocycles. The van der Waals surface area contributed by atoms with Crippen molar-refractivity contribution in [3.8, 4) is 0 Å². The maximum Gasteiger partial charge on any atom is 0.338 e. The van der Waals surface area contributed by atoms with Crippen LogP contribution in [-0.4, -0.2) is 48.0 Å². The number of esters is 1. The number of nitrogens with zero attached hydrogens (tertiary/aromatic N) is 2. The Labute approximate surface area is 188 Å². The number of aromatic nitrogens is 2. The molecule has 0 fully saturated rings. The zero-order valence-corrected chi connectivity index (χ0v) is 18.9. The van der Waals surface area contributed by atoms with Crippen LogP contribution in [0.15, 0.2) is 24.3 Å². The minimum absolute atomic E-state index is 0.0300. The van der Waals surface area contributed by atoms with Crippen LogP contribution in [0.4, 0.5) is 0 Å². The first kappa shape index (κ1) is 23.3. The van der Waals surface area contributed by atoms with E-state index in [1.165, 1.54) is 0 Å². The molecule has 0 unspecified atom stereocenters. The molecular formula is C23H30ClN3O4. The second-order valence-electron chi connectivity index (χ2n) is 7.84. The van der Waals surface area contributed by atoms with Crippen LogP contribution in [0.2, 0.25) is 5.02 Å². The molecule has 1 aromatic heterocycles. The molecule has 1 aliphatic rings. The van der Waals surface area contributed by atoms with Gasteiger partial charge in [0.2, 0.25) is 0 Å². The van der Waals surface area contributed by atoms with Gasteiger partial charge in [0.1, 0.15) is 0 Å². The van der Waals surface area contributed by atoms with Crippen LogP contribution in [0.5, 0.6) is 0 Å². The fraction of sp³-hybridized carbons (Fsp3) is 0.522. The van der Waals surface area contributed by atoms with E-state index in [2.05, 4.69) is 5.32 Å². The van der Waals surface area contributed by atoms with E-state index < -0.39 is 0 Å². The topological polar surface area (TPSA) is 82.5 Å². The van der Waals surface area contributed by atoms with Crippen molar-refractivity contribution in [1.29, 1.82) is 0 Å². The highest BCUT2D eigenvalue weighted by Crippen LogP contribution is 2.20. The first-order valence-corrected chi connectivity index (χ1v) is 11.2. The Hall–Kier alpha value is -2.38. The number of ether oxygens (including phenoxy) is 2. The maximum absolute atomic E-state index is 12.8. The molecule has 1 atom stereocenters. The first-order valence-electron chi connectivity index (χ1n) is 10.9. The van der Waals surface area contributed by atoms with Crippen LogP contribution < -0.4 is 5.32 Å². The molecule has 0 aliphatic carbocycles. The van der Waals surface area contributed by atoms with E-state index in [4.69, 9.17) is 26.2 Å². The molecular weight excluding hydrogens is 418 g/mol. The lowest BCUT2D eigenvalue weighted by atomic mass is 10.1. The van der Waals surface area contributed by atoms with Crippen molar-refractivity contribution in [3.05, 3.63) is 51.8 Å². The number of rotatable bonds is 6. The highest BCUT2D eigenvalue weighted by atomic mass is 35.5. The number of carbonyl (C=O) groups excluding carboxylic acids is 2. The van der Waals surface area contributed by atoms with E-state index >= 15 is 0 Å². The van der Waals surface area contributed by atoms with Crippen LogP contribution in [0.25, 0.3) is 0 Å². The summed E-state index contributed by atoms with van der Waals surface area (Å²) in [6, 6.07) is 6.62. The molecule has 0 bridgehead atoms. The lowest BCUT2D eigenvalue weighted by molar-refractivity contribution is 0.0435. The van der Waals surface area contributed by atoms with Gasteiger partial charge in [-0.3, -0.25) is 9.48 Å². The minimum atomic E-state index is -0.381. The fourth-order valence-electron chi connectivity index (χ4n) is 3.61. The molecule has 0 saturated heterocycles. The van der Waals surface area contributed by atoms with Crippen molar-refractivity contribution in [3.63, 3.8) is 0 Å². The summed E-state index contributed by atoms with van der Waals surface area (Å²) in [5.41, 5.74) is 2.89. The van der Waals surface area contributed by atoms with Gasteiger partial charge in [0, 0.05) is 37.2 Å². The average molecular weight is 448 g/mol. The van der Waals surface area contributed by atoms with E-state index in [9.17, 15) is 9.59 Å². The van der Waals surface area contributed by atoms with Crippen LogP contribution in [0, 0.1) is 5.92 Å². The normalized spacial score (nSPS) is 16.0. The third-order valence-corrected chi connectivity index (χ3v) is 5.46. The standard InChI is InChI=1S/C23H30ClN3O4/c1-3-19-21-20(6-4-12-30-13-5-11-25-22(21)28)27(26-19)14-16(2)15-31-23(29)17-7-9-18(24)10-8-17/h7-10,16H,3-6,11-15H2,1-2H3,(H,25,28)/t16-/m1/s1. The molecule has 0 radical (unpaired) electrons. The monoisotopic (exact) mass is 447 g/mol. The largest absolute Gasteiger partial charge is 0.462 e. The highest BCUT2D eigenvalue weighted by molar-refractivity contribution is 6.30. The number of carbonyl (C=O) groups is 2. The predicted molar refractivity (Wildman–Crippen MR) is 119 cm³/mol. The maximum atomic E-state index is 12.8. The summed E-state index contributed by atoms with van der Waals surface area (Å²) in [6.07, 6.45) is 3.02. The zero-order chi connectivity index (χ0) is 22.2. The lowest BCUT2D eigenvalue weighted by Gasteiger charge is -2.15.